The van der Waals surface area contributed by atoms with E-state index in [0.29, 0.717) is 0 Å². The third kappa shape index (κ3) is 4.09. The van der Waals surface area contributed by atoms with Gasteiger partial charge in [-0.15, -0.1) is 0 Å². The van der Waals surface area contributed by atoms with E-state index in [4.69, 9.17) is 5.21 Å². The molecule has 0 aliphatic rings. The highest BCUT2D eigenvalue weighted by Crippen LogP contribution is 2.00. The number of oxime groups is 1. The lowest BCUT2D eigenvalue weighted by Crippen LogP contribution is -2.35. The summed E-state index contributed by atoms with van der Waals surface area (Å²) in [4.78, 5) is 22.4. The number of benzene rings is 1. The van der Waals surface area contributed by atoms with Crippen molar-refractivity contribution < 1.29 is 19.5 Å². The summed E-state index contributed by atoms with van der Waals surface area (Å²) >= 11 is 0. The summed E-state index contributed by atoms with van der Waals surface area (Å²) in [6.07, 6.45) is 2.77. The lowest BCUT2D eigenvalue weighted by molar-refractivity contribution is -0.133. The molecular formula is C12H12N2O4. The molecule has 0 bridgehead atoms. The number of hydrogen-bond donors (Lipinski definition) is 2. The molecule has 2 N–H and O–H groups in total. The maximum Gasteiger partial charge on any atom is 0.377 e. The Labute approximate surface area is 104 Å². The SMILES string of the molecule is COC(=O)/C(=N\O)NC(=O)/C=C/c1ccccc1. The highest BCUT2D eigenvalue weighted by atomic mass is 16.5. The van der Waals surface area contributed by atoms with E-state index in [1.165, 1.54) is 6.08 Å². The summed E-state index contributed by atoms with van der Waals surface area (Å²) in [7, 11) is 1.11. The predicted octanol–water partition coefficient (Wildman–Crippen LogP) is 0.777. The average Bonchev–Trinajstić information content (AvgIpc) is 2.42. The highest BCUT2D eigenvalue weighted by Gasteiger charge is 2.14. The van der Waals surface area contributed by atoms with Crippen molar-refractivity contribution in [2.75, 3.05) is 7.11 Å². The smallest absolute Gasteiger partial charge is 0.377 e. The lowest BCUT2D eigenvalue weighted by Gasteiger charge is -2.01. The van der Waals surface area contributed by atoms with Gasteiger partial charge in [-0.3, -0.25) is 10.1 Å². The molecule has 1 rings (SSSR count). The van der Waals surface area contributed by atoms with Gasteiger partial charge in [-0.25, -0.2) is 4.79 Å². The number of esters is 1. The van der Waals surface area contributed by atoms with Crippen LogP contribution in [-0.4, -0.2) is 30.0 Å². The molecule has 18 heavy (non-hydrogen) atoms. The van der Waals surface area contributed by atoms with E-state index in [2.05, 4.69) is 15.2 Å². The first kappa shape index (κ1) is 13.4. The molecule has 0 spiro atoms. The van der Waals surface area contributed by atoms with E-state index in [1.54, 1.807) is 6.08 Å². The topological polar surface area (TPSA) is 88.0 Å². The summed E-state index contributed by atoms with van der Waals surface area (Å²) in [5.41, 5.74) is 0.827. The van der Waals surface area contributed by atoms with Gasteiger partial charge in [0, 0.05) is 6.08 Å². The summed E-state index contributed by atoms with van der Waals surface area (Å²) in [6.45, 7) is 0. The minimum Gasteiger partial charge on any atom is -0.463 e. The molecule has 0 aliphatic carbocycles. The van der Waals surface area contributed by atoms with Crippen LogP contribution in [0.25, 0.3) is 6.08 Å². The summed E-state index contributed by atoms with van der Waals surface area (Å²) in [5.74, 6) is -2.10. The third-order valence-electron chi connectivity index (χ3n) is 1.95. The number of carbonyl (C=O) groups is 2. The molecule has 0 radical (unpaired) electrons. The van der Waals surface area contributed by atoms with E-state index < -0.39 is 17.7 Å². The number of nitrogens with one attached hydrogen (secondary N) is 1. The van der Waals surface area contributed by atoms with Gasteiger partial charge >= 0.3 is 5.97 Å². The fourth-order valence-electron chi connectivity index (χ4n) is 1.11. The van der Waals surface area contributed by atoms with E-state index >= 15 is 0 Å². The van der Waals surface area contributed by atoms with Gasteiger partial charge in [-0.05, 0) is 11.6 Å². The number of ether oxygens (including phenoxy) is 1. The fraction of sp³-hybridized carbons (Fsp3) is 0.0833. The van der Waals surface area contributed by atoms with E-state index in [-0.39, 0.29) is 0 Å². The Balaban J connectivity index is 2.62. The number of nitrogens with zero attached hydrogens (tertiary/aromatic N) is 1. The summed E-state index contributed by atoms with van der Waals surface area (Å²) in [5, 5.41) is 13.2. The number of hydrogen-bond acceptors (Lipinski definition) is 5. The Bertz CT molecular complexity index is 480. The number of amides is 1. The normalized spacial score (nSPS) is 11.3. The van der Waals surface area contributed by atoms with Gasteiger partial charge in [0.1, 0.15) is 0 Å². The van der Waals surface area contributed by atoms with Crippen LogP contribution in [-0.2, 0) is 14.3 Å². The zero-order valence-electron chi connectivity index (χ0n) is 9.66. The molecule has 0 atom stereocenters. The lowest BCUT2D eigenvalue weighted by atomic mass is 10.2. The molecule has 1 aromatic rings. The van der Waals surface area contributed by atoms with Gasteiger partial charge in [0.05, 0.1) is 7.11 Å². The van der Waals surface area contributed by atoms with Crippen LogP contribution in [0.3, 0.4) is 0 Å². The van der Waals surface area contributed by atoms with E-state index in [1.807, 2.05) is 30.3 Å². The first-order valence-electron chi connectivity index (χ1n) is 5.02. The van der Waals surface area contributed by atoms with Crippen molar-refractivity contribution >= 4 is 23.8 Å². The van der Waals surface area contributed by atoms with Crippen LogP contribution in [0.1, 0.15) is 5.56 Å². The molecule has 0 aromatic heterocycles. The van der Waals surface area contributed by atoms with Crippen molar-refractivity contribution in [3.63, 3.8) is 0 Å². The molecule has 0 heterocycles. The van der Waals surface area contributed by atoms with Crippen LogP contribution in [0.15, 0.2) is 41.6 Å². The van der Waals surface area contributed by atoms with Crippen molar-refractivity contribution in [3.8, 4) is 0 Å². The third-order valence-corrected chi connectivity index (χ3v) is 1.95. The quantitative estimate of drug-likeness (QED) is 0.202. The summed E-state index contributed by atoms with van der Waals surface area (Å²) in [6, 6.07) is 9.13. The summed E-state index contributed by atoms with van der Waals surface area (Å²) < 4.78 is 4.30. The fourth-order valence-corrected chi connectivity index (χ4v) is 1.11. The Morgan fingerprint density at radius 3 is 2.56 bits per heavy atom. The standard InChI is InChI=1S/C12H12N2O4/c1-18-12(16)11(14-17)13-10(15)8-7-9-5-3-2-4-6-9/h2-8,17H,1H3,(H,13,14,15)/b8-7+. The van der Waals surface area contributed by atoms with Gasteiger partial charge in [0.25, 0.3) is 5.84 Å². The van der Waals surface area contributed by atoms with Crippen LogP contribution in [0, 0.1) is 0 Å². The Hall–Kier alpha value is -2.63. The van der Waals surface area contributed by atoms with Gasteiger partial charge in [-0.2, -0.15) is 0 Å². The predicted molar refractivity (Wildman–Crippen MR) is 64.9 cm³/mol. The van der Waals surface area contributed by atoms with Crippen molar-refractivity contribution in [1.82, 2.24) is 5.32 Å². The maximum atomic E-state index is 11.4. The molecule has 6 nitrogen and oxygen atoms in total. The van der Waals surface area contributed by atoms with Gasteiger partial charge in [0.2, 0.25) is 5.91 Å². The molecule has 94 valence electrons. The molecular weight excluding hydrogens is 236 g/mol. The van der Waals surface area contributed by atoms with Crippen molar-refractivity contribution in [2.45, 2.75) is 0 Å². The van der Waals surface area contributed by atoms with Crippen LogP contribution >= 0.6 is 0 Å². The minimum absolute atomic E-state index is 0.569. The molecule has 1 amide bonds. The Morgan fingerprint density at radius 2 is 2.00 bits per heavy atom. The van der Waals surface area contributed by atoms with Crippen molar-refractivity contribution in [1.29, 1.82) is 0 Å². The maximum absolute atomic E-state index is 11.4. The minimum atomic E-state index is -0.932. The van der Waals surface area contributed by atoms with Crippen LogP contribution in [0.2, 0.25) is 0 Å². The average molecular weight is 248 g/mol. The number of amidine groups is 1. The molecule has 1 aromatic carbocycles. The van der Waals surface area contributed by atoms with Crippen molar-refractivity contribution in [3.05, 3.63) is 42.0 Å². The first-order chi connectivity index (χ1) is 8.67. The first-order valence-corrected chi connectivity index (χ1v) is 5.02. The van der Waals surface area contributed by atoms with Crippen LogP contribution in [0.5, 0.6) is 0 Å². The van der Waals surface area contributed by atoms with Gasteiger partial charge in [0.15, 0.2) is 0 Å². The monoisotopic (exact) mass is 248 g/mol. The van der Waals surface area contributed by atoms with Gasteiger partial charge < -0.3 is 9.94 Å². The second-order valence-electron chi connectivity index (χ2n) is 3.17. The Kier molecular flexibility index (Phi) is 5.11. The Morgan fingerprint density at radius 1 is 1.33 bits per heavy atom. The van der Waals surface area contributed by atoms with Crippen molar-refractivity contribution in [2.24, 2.45) is 5.16 Å². The van der Waals surface area contributed by atoms with E-state index in [0.717, 1.165) is 12.7 Å². The van der Waals surface area contributed by atoms with Gasteiger partial charge in [-0.1, -0.05) is 35.5 Å². The zero-order chi connectivity index (χ0) is 13.4. The van der Waals surface area contributed by atoms with E-state index in [9.17, 15) is 9.59 Å². The molecule has 0 fully saturated rings. The molecule has 0 unspecified atom stereocenters. The second-order valence-corrected chi connectivity index (χ2v) is 3.17. The molecule has 0 saturated carbocycles. The number of carbonyl (C=O) groups excluding carboxylic acids is 2. The number of methoxy groups -OCH3 is 1. The van der Waals surface area contributed by atoms with Crippen LogP contribution in [0.4, 0.5) is 0 Å². The highest BCUT2D eigenvalue weighted by molar-refractivity contribution is 6.38. The van der Waals surface area contributed by atoms with Crippen LogP contribution < -0.4 is 5.32 Å². The molecule has 0 aliphatic heterocycles. The second kappa shape index (κ2) is 6.85. The zero-order valence-corrected chi connectivity index (χ0v) is 9.66. The molecule has 0 saturated heterocycles. The largest absolute Gasteiger partial charge is 0.463 e. The molecule has 6 heteroatoms. The number of rotatable bonds is 2.